The van der Waals surface area contributed by atoms with E-state index in [2.05, 4.69) is 13.0 Å². The van der Waals surface area contributed by atoms with E-state index < -0.39 is 5.41 Å². The monoisotopic (exact) mass is 337 g/mol. The van der Waals surface area contributed by atoms with Crippen LogP contribution in [-0.4, -0.2) is 25.2 Å². The minimum Gasteiger partial charge on any atom is -0.486 e. The van der Waals surface area contributed by atoms with Gasteiger partial charge in [0.1, 0.15) is 13.2 Å². The van der Waals surface area contributed by atoms with E-state index in [1.807, 2.05) is 55.1 Å². The first-order chi connectivity index (χ1) is 12.0. The zero-order chi connectivity index (χ0) is 17.6. The van der Waals surface area contributed by atoms with Crippen molar-refractivity contribution in [3.63, 3.8) is 0 Å². The number of para-hydroxylation sites is 1. The Morgan fingerprint density at radius 2 is 1.80 bits per heavy atom. The summed E-state index contributed by atoms with van der Waals surface area (Å²) >= 11 is 0. The highest BCUT2D eigenvalue weighted by Crippen LogP contribution is 2.39. The Bertz CT molecular complexity index is 828. The van der Waals surface area contributed by atoms with Crippen molar-refractivity contribution < 1.29 is 14.3 Å². The van der Waals surface area contributed by atoms with Gasteiger partial charge in [0, 0.05) is 11.7 Å². The van der Waals surface area contributed by atoms with Crippen molar-refractivity contribution in [2.75, 3.05) is 18.1 Å². The molecule has 0 aliphatic carbocycles. The van der Waals surface area contributed by atoms with Crippen LogP contribution in [0.15, 0.2) is 42.5 Å². The molecule has 1 amide bonds. The number of carbonyl (C=O) groups excluding carboxylic acids is 1. The number of hydrogen-bond donors (Lipinski definition) is 0. The van der Waals surface area contributed by atoms with Gasteiger partial charge in [0.05, 0.1) is 5.41 Å². The molecule has 0 fully saturated rings. The van der Waals surface area contributed by atoms with Crippen LogP contribution in [0.25, 0.3) is 0 Å². The van der Waals surface area contributed by atoms with Crippen LogP contribution < -0.4 is 14.4 Å². The third-order valence-corrected chi connectivity index (χ3v) is 5.22. The van der Waals surface area contributed by atoms with Crippen LogP contribution in [0.1, 0.15) is 31.9 Å². The number of hydrogen-bond acceptors (Lipinski definition) is 3. The summed E-state index contributed by atoms with van der Waals surface area (Å²) in [6.45, 7) is 7.18. The van der Waals surface area contributed by atoms with Crippen LogP contribution in [-0.2, 0) is 16.6 Å². The Morgan fingerprint density at radius 3 is 2.60 bits per heavy atom. The SMILES string of the molecule is CC1Cc2ccccc2N1C(=O)C(C)(C)c1ccc2c(c1)OCCO2. The molecular formula is C21H23NO3. The van der Waals surface area contributed by atoms with Crippen LogP contribution in [0.4, 0.5) is 5.69 Å². The molecule has 2 aliphatic heterocycles. The molecule has 2 aromatic rings. The topological polar surface area (TPSA) is 38.8 Å². The van der Waals surface area contributed by atoms with Gasteiger partial charge in [-0.3, -0.25) is 4.79 Å². The average Bonchev–Trinajstić information content (AvgIpc) is 2.96. The minimum atomic E-state index is -0.651. The molecule has 0 bridgehead atoms. The molecule has 0 saturated carbocycles. The van der Waals surface area contributed by atoms with Gasteiger partial charge < -0.3 is 14.4 Å². The lowest BCUT2D eigenvalue weighted by Gasteiger charge is -2.33. The molecule has 2 heterocycles. The number of benzene rings is 2. The number of ether oxygens (including phenoxy) is 2. The van der Waals surface area contributed by atoms with Crippen molar-refractivity contribution in [1.82, 2.24) is 0 Å². The Hall–Kier alpha value is -2.49. The maximum Gasteiger partial charge on any atom is 0.237 e. The van der Waals surface area contributed by atoms with E-state index in [4.69, 9.17) is 9.47 Å². The van der Waals surface area contributed by atoms with Crippen LogP contribution in [0.5, 0.6) is 11.5 Å². The highest BCUT2D eigenvalue weighted by atomic mass is 16.6. The van der Waals surface area contributed by atoms with E-state index in [9.17, 15) is 4.79 Å². The zero-order valence-corrected chi connectivity index (χ0v) is 14.9. The third kappa shape index (κ3) is 2.56. The smallest absolute Gasteiger partial charge is 0.237 e. The van der Waals surface area contributed by atoms with Crippen molar-refractivity contribution in [3.05, 3.63) is 53.6 Å². The largest absolute Gasteiger partial charge is 0.486 e. The first kappa shape index (κ1) is 16.0. The maximum absolute atomic E-state index is 13.5. The molecule has 0 spiro atoms. The molecular weight excluding hydrogens is 314 g/mol. The van der Waals surface area contributed by atoms with E-state index in [0.717, 1.165) is 29.2 Å². The van der Waals surface area contributed by atoms with Crippen molar-refractivity contribution in [1.29, 1.82) is 0 Å². The van der Waals surface area contributed by atoms with Crippen molar-refractivity contribution in [2.45, 2.75) is 38.6 Å². The van der Waals surface area contributed by atoms with Crippen LogP contribution in [0, 0.1) is 0 Å². The first-order valence-corrected chi connectivity index (χ1v) is 8.80. The second-order valence-corrected chi connectivity index (χ2v) is 7.34. The van der Waals surface area contributed by atoms with Crippen LogP contribution in [0.3, 0.4) is 0 Å². The molecule has 0 radical (unpaired) electrons. The van der Waals surface area contributed by atoms with Gasteiger partial charge in [-0.2, -0.15) is 0 Å². The molecule has 0 aromatic heterocycles. The minimum absolute atomic E-state index is 0.113. The number of nitrogens with zero attached hydrogens (tertiary/aromatic N) is 1. The highest BCUT2D eigenvalue weighted by molar-refractivity contribution is 6.02. The molecule has 4 heteroatoms. The summed E-state index contributed by atoms with van der Waals surface area (Å²) in [5, 5.41) is 0. The van der Waals surface area contributed by atoms with Gasteiger partial charge >= 0.3 is 0 Å². The summed E-state index contributed by atoms with van der Waals surface area (Å²) in [7, 11) is 0. The average molecular weight is 337 g/mol. The second kappa shape index (κ2) is 5.80. The normalized spacial score (nSPS) is 18.8. The summed E-state index contributed by atoms with van der Waals surface area (Å²) in [6.07, 6.45) is 0.902. The molecule has 0 saturated heterocycles. The third-order valence-electron chi connectivity index (χ3n) is 5.22. The predicted molar refractivity (Wildman–Crippen MR) is 97.6 cm³/mol. The first-order valence-electron chi connectivity index (χ1n) is 8.80. The van der Waals surface area contributed by atoms with Crippen molar-refractivity contribution >= 4 is 11.6 Å². The predicted octanol–water partition coefficient (Wildman–Crippen LogP) is 3.71. The van der Waals surface area contributed by atoms with Gasteiger partial charge in [0.15, 0.2) is 11.5 Å². The number of fused-ring (bicyclic) bond motifs is 2. The lowest BCUT2D eigenvalue weighted by molar-refractivity contribution is -0.123. The molecule has 25 heavy (non-hydrogen) atoms. The summed E-state index contributed by atoms with van der Waals surface area (Å²) in [5.74, 6) is 1.58. The summed E-state index contributed by atoms with van der Waals surface area (Å²) < 4.78 is 11.3. The van der Waals surface area contributed by atoms with E-state index in [0.29, 0.717) is 13.2 Å². The summed E-state index contributed by atoms with van der Waals surface area (Å²) in [4.78, 5) is 15.4. The molecule has 1 unspecified atom stereocenters. The van der Waals surface area contributed by atoms with Crippen molar-refractivity contribution in [2.24, 2.45) is 0 Å². The van der Waals surface area contributed by atoms with Gasteiger partial charge in [-0.25, -0.2) is 0 Å². The van der Waals surface area contributed by atoms with Gasteiger partial charge in [-0.15, -0.1) is 0 Å². The zero-order valence-electron chi connectivity index (χ0n) is 14.9. The molecule has 2 aromatic carbocycles. The standard InChI is InChI=1S/C21H23NO3/c1-14-12-15-6-4-5-7-17(15)22(14)20(23)21(2,3)16-8-9-18-19(13-16)25-11-10-24-18/h4-9,13-14H,10-12H2,1-3H3. The van der Waals surface area contributed by atoms with Gasteiger partial charge in [0.25, 0.3) is 0 Å². The molecule has 130 valence electrons. The van der Waals surface area contributed by atoms with Crippen LogP contribution >= 0.6 is 0 Å². The lowest BCUT2D eigenvalue weighted by atomic mass is 9.82. The molecule has 1 atom stereocenters. The van der Waals surface area contributed by atoms with E-state index >= 15 is 0 Å². The summed E-state index contributed by atoms with van der Waals surface area (Å²) in [6, 6.07) is 14.2. The fraction of sp³-hybridized carbons (Fsp3) is 0.381. The molecule has 4 rings (SSSR count). The van der Waals surface area contributed by atoms with E-state index in [-0.39, 0.29) is 11.9 Å². The molecule has 0 N–H and O–H groups in total. The van der Waals surface area contributed by atoms with E-state index in [1.165, 1.54) is 5.56 Å². The number of anilines is 1. The van der Waals surface area contributed by atoms with Crippen molar-refractivity contribution in [3.8, 4) is 11.5 Å². The number of amides is 1. The molecule has 2 aliphatic rings. The Labute approximate surface area is 148 Å². The van der Waals surface area contributed by atoms with Gasteiger partial charge in [-0.1, -0.05) is 24.3 Å². The second-order valence-electron chi connectivity index (χ2n) is 7.34. The Balaban J connectivity index is 1.69. The summed E-state index contributed by atoms with van der Waals surface area (Å²) in [5.41, 5.74) is 2.56. The van der Waals surface area contributed by atoms with Crippen LogP contribution in [0.2, 0.25) is 0 Å². The fourth-order valence-electron chi connectivity index (χ4n) is 3.73. The Kier molecular flexibility index (Phi) is 3.71. The molecule has 4 nitrogen and oxygen atoms in total. The number of carbonyl (C=O) groups is 1. The fourth-order valence-corrected chi connectivity index (χ4v) is 3.73. The van der Waals surface area contributed by atoms with E-state index in [1.54, 1.807) is 0 Å². The quantitative estimate of drug-likeness (QED) is 0.838. The highest BCUT2D eigenvalue weighted by Gasteiger charge is 2.40. The lowest BCUT2D eigenvalue weighted by Crippen LogP contribution is -2.46. The maximum atomic E-state index is 13.5. The Morgan fingerprint density at radius 1 is 1.08 bits per heavy atom. The van der Waals surface area contributed by atoms with Gasteiger partial charge in [-0.05, 0) is 56.5 Å². The van der Waals surface area contributed by atoms with Gasteiger partial charge in [0.2, 0.25) is 5.91 Å². The number of rotatable bonds is 2.